The number of hydrogen-bond acceptors (Lipinski definition) is 5. The number of hydrogen-bond donors (Lipinski definition) is 3. The molecule has 2 aromatic carbocycles. The number of halogens is 1. The highest BCUT2D eigenvalue weighted by atomic mass is 19.1. The maximum Gasteiger partial charge on any atom is 0.123 e. The molecule has 136 valence electrons. The van der Waals surface area contributed by atoms with E-state index in [1.807, 2.05) is 36.2 Å². The van der Waals surface area contributed by atoms with Crippen molar-refractivity contribution >= 4 is 5.69 Å². The fourth-order valence-electron chi connectivity index (χ4n) is 2.38. The molecule has 0 aliphatic heterocycles. The van der Waals surface area contributed by atoms with Crippen LogP contribution in [0.5, 0.6) is 5.75 Å². The number of aliphatic hydroxyl groups excluding tert-OH is 2. The van der Waals surface area contributed by atoms with Crippen molar-refractivity contribution < 1.29 is 19.3 Å². The van der Waals surface area contributed by atoms with E-state index in [9.17, 15) is 9.50 Å². The predicted octanol–water partition coefficient (Wildman–Crippen LogP) is 1.78. The normalized spacial score (nSPS) is 12.0. The van der Waals surface area contributed by atoms with Gasteiger partial charge < -0.3 is 25.2 Å². The van der Waals surface area contributed by atoms with Gasteiger partial charge in [0, 0.05) is 32.4 Å². The molecule has 2 rings (SSSR count). The average molecular weight is 348 g/mol. The van der Waals surface area contributed by atoms with Crippen LogP contribution in [0.15, 0.2) is 48.5 Å². The predicted molar refractivity (Wildman–Crippen MR) is 96.4 cm³/mol. The van der Waals surface area contributed by atoms with Gasteiger partial charge in [-0.1, -0.05) is 12.1 Å². The van der Waals surface area contributed by atoms with Crippen LogP contribution in [-0.2, 0) is 6.61 Å². The number of ether oxygens (including phenoxy) is 1. The van der Waals surface area contributed by atoms with Crippen LogP contribution < -0.4 is 15.0 Å². The van der Waals surface area contributed by atoms with Gasteiger partial charge in [0.2, 0.25) is 0 Å². The van der Waals surface area contributed by atoms with Gasteiger partial charge in [0.25, 0.3) is 0 Å². The van der Waals surface area contributed by atoms with Crippen LogP contribution in [0.2, 0.25) is 0 Å². The third kappa shape index (κ3) is 6.70. The molecule has 0 fully saturated rings. The fraction of sp³-hybridized carbons (Fsp3) is 0.368. The minimum absolute atomic E-state index is 0.0575. The lowest BCUT2D eigenvalue weighted by atomic mass is 10.2. The molecule has 25 heavy (non-hydrogen) atoms. The standard InChI is InChI=1S/C19H25FN2O3/c1-22(13-18(24)12-21-10-11-23)17-6-8-19(9-7-17)25-14-15-2-4-16(20)5-3-15/h2-9,18,21,23-24H,10-14H2,1H3. The Labute approximate surface area is 147 Å². The highest BCUT2D eigenvalue weighted by Gasteiger charge is 2.09. The minimum Gasteiger partial charge on any atom is -0.489 e. The highest BCUT2D eigenvalue weighted by molar-refractivity contribution is 5.48. The van der Waals surface area contributed by atoms with E-state index in [0.29, 0.717) is 26.2 Å². The molecule has 0 heterocycles. The van der Waals surface area contributed by atoms with E-state index >= 15 is 0 Å². The molecule has 5 nitrogen and oxygen atoms in total. The zero-order valence-electron chi connectivity index (χ0n) is 14.4. The zero-order valence-corrected chi connectivity index (χ0v) is 14.4. The summed E-state index contributed by atoms with van der Waals surface area (Å²) in [6.07, 6.45) is -0.522. The van der Waals surface area contributed by atoms with Crippen LogP contribution in [0.25, 0.3) is 0 Å². The summed E-state index contributed by atoms with van der Waals surface area (Å²) in [6.45, 7) is 1.82. The molecule has 0 aromatic heterocycles. The Morgan fingerprint density at radius 3 is 2.44 bits per heavy atom. The second kappa shape index (κ2) is 9.98. The van der Waals surface area contributed by atoms with E-state index in [1.54, 1.807) is 12.1 Å². The Bertz CT molecular complexity index is 620. The molecule has 0 aliphatic carbocycles. The van der Waals surface area contributed by atoms with Crippen molar-refractivity contribution in [3.8, 4) is 5.75 Å². The van der Waals surface area contributed by atoms with E-state index < -0.39 is 6.10 Å². The molecule has 0 radical (unpaired) electrons. The Balaban J connectivity index is 1.81. The monoisotopic (exact) mass is 348 g/mol. The second-order valence-corrected chi connectivity index (χ2v) is 5.87. The number of anilines is 1. The van der Waals surface area contributed by atoms with Crippen LogP contribution in [-0.4, -0.2) is 49.6 Å². The summed E-state index contributed by atoms with van der Waals surface area (Å²) in [7, 11) is 1.91. The Morgan fingerprint density at radius 2 is 1.80 bits per heavy atom. The third-order valence-electron chi connectivity index (χ3n) is 3.75. The van der Waals surface area contributed by atoms with Crippen LogP contribution >= 0.6 is 0 Å². The Morgan fingerprint density at radius 1 is 1.12 bits per heavy atom. The van der Waals surface area contributed by atoms with Crippen molar-refractivity contribution in [2.45, 2.75) is 12.7 Å². The molecule has 0 spiro atoms. The molecule has 0 bridgehead atoms. The average Bonchev–Trinajstić information content (AvgIpc) is 2.62. The number of likely N-dealkylation sites (N-methyl/N-ethyl adjacent to an activating group) is 1. The van der Waals surface area contributed by atoms with Gasteiger partial charge in [0.1, 0.15) is 18.2 Å². The number of nitrogens with zero attached hydrogens (tertiary/aromatic N) is 1. The van der Waals surface area contributed by atoms with Crippen LogP contribution in [0, 0.1) is 5.82 Å². The molecule has 0 aliphatic rings. The number of rotatable bonds is 10. The second-order valence-electron chi connectivity index (χ2n) is 5.87. The number of benzene rings is 2. The smallest absolute Gasteiger partial charge is 0.123 e. The van der Waals surface area contributed by atoms with Crippen LogP contribution in [0.3, 0.4) is 0 Å². The van der Waals surface area contributed by atoms with Gasteiger partial charge in [-0.05, 0) is 42.0 Å². The minimum atomic E-state index is -0.522. The Kier molecular flexibility index (Phi) is 7.66. The molecule has 0 amide bonds. The molecular weight excluding hydrogens is 323 g/mol. The van der Waals surface area contributed by atoms with Crippen LogP contribution in [0.4, 0.5) is 10.1 Å². The van der Waals surface area contributed by atoms with Gasteiger partial charge in [0.15, 0.2) is 0 Å². The maximum atomic E-state index is 12.9. The molecule has 1 unspecified atom stereocenters. The van der Waals surface area contributed by atoms with Crippen molar-refractivity contribution in [3.63, 3.8) is 0 Å². The van der Waals surface area contributed by atoms with E-state index in [-0.39, 0.29) is 12.4 Å². The van der Waals surface area contributed by atoms with E-state index in [2.05, 4.69) is 5.32 Å². The largest absolute Gasteiger partial charge is 0.489 e. The molecular formula is C19H25FN2O3. The summed E-state index contributed by atoms with van der Waals surface area (Å²) in [5.41, 5.74) is 1.87. The molecule has 6 heteroatoms. The molecule has 1 atom stereocenters. The fourth-order valence-corrected chi connectivity index (χ4v) is 2.38. The first-order valence-corrected chi connectivity index (χ1v) is 8.26. The lowest BCUT2D eigenvalue weighted by Crippen LogP contribution is -2.37. The summed E-state index contributed by atoms with van der Waals surface area (Å²) in [5, 5.41) is 21.6. The van der Waals surface area contributed by atoms with Crippen molar-refractivity contribution in [2.24, 2.45) is 0 Å². The quantitative estimate of drug-likeness (QED) is 0.571. The first-order chi connectivity index (χ1) is 12.1. The van der Waals surface area contributed by atoms with Crippen molar-refractivity contribution in [3.05, 3.63) is 59.9 Å². The van der Waals surface area contributed by atoms with Gasteiger partial charge in [-0.2, -0.15) is 0 Å². The van der Waals surface area contributed by atoms with Crippen molar-refractivity contribution in [1.29, 1.82) is 0 Å². The maximum absolute atomic E-state index is 12.9. The Hall–Kier alpha value is -2.15. The topological polar surface area (TPSA) is 65.0 Å². The SMILES string of the molecule is CN(CC(O)CNCCO)c1ccc(OCc2ccc(F)cc2)cc1. The lowest BCUT2D eigenvalue weighted by Gasteiger charge is -2.23. The number of nitrogens with one attached hydrogen (secondary N) is 1. The first-order valence-electron chi connectivity index (χ1n) is 8.26. The highest BCUT2D eigenvalue weighted by Crippen LogP contribution is 2.19. The lowest BCUT2D eigenvalue weighted by molar-refractivity contribution is 0.174. The van der Waals surface area contributed by atoms with Gasteiger partial charge >= 0.3 is 0 Å². The van der Waals surface area contributed by atoms with E-state index in [4.69, 9.17) is 9.84 Å². The van der Waals surface area contributed by atoms with Gasteiger partial charge in [-0.15, -0.1) is 0 Å². The van der Waals surface area contributed by atoms with Gasteiger partial charge in [0.05, 0.1) is 12.7 Å². The summed E-state index contributed by atoms with van der Waals surface area (Å²) in [6, 6.07) is 13.8. The molecule has 0 saturated carbocycles. The third-order valence-corrected chi connectivity index (χ3v) is 3.75. The zero-order chi connectivity index (χ0) is 18.1. The van der Waals surface area contributed by atoms with E-state index in [1.165, 1.54) is 12.1 Å². The van der Waals surface area contributed by atoms with Crippen molar-refractivity contribution in [1.82, 2.24) is 5.32 Å². The van der Waals surface area contributed by atoms with E-state index in [0.717, 1.165) is 17.0 Å². The summed E-state index contributed by atoms with van der Waals surface area (Å²) in [4.78, 5) is 1.95. The number of aliphatic hydroxyl groups is 2. The summed E-state index contributed by atoms with van der Waals surface area (Å²) >= 11 is 0. The van der Waals surface area contributed by atoms with Crippen LogP contribution in [0.1, 0.15) is 5.56 Å². The summed E-state index contributed by atoms with van der Waals surface area (Å²) < 4.78 is 18.6. The first kappa shape index (κ1) is 19.2. The van der Waals surface area contributed by atoms with Gasteiger partial charge in [-0.3, -0.25) is 0 Å². The molecule has 0 saturated heterocycles. The summed E-state index contributed by atoms with van der Waals surface area (Å²) in [5.74, 6) is 0.469. The molecule has 3 N–H and O–H groups in total. The molecule has 2 aromatic rings. The van der Waals surface area contributed by atoms with Crippen molar-refractivity contribution in [2.75, 3.05) is 38.2 Å². The van der Waals surface area contributed by atoms with Gasteiger partial charge in [-0.25, -0.2) is 4.39 Å².